The van der Waals surface area contributed by atoms with Crippen LogP contribution >= 0.6 is 11.3 Å². The van der Waals surface area contributed by atoms with Gasteiger partial charge >= 0.3 is 5.97 Å². The van der Waals surface area contributed by atoms with Gasteiger partial charge in [0, 0.05) is 17.3 Å². The summed E-state index contributed by atoms with van der Waals surface area (Å²) in [5.41, 5.74) is 3.59. The number of rotatable bonds is 4. The van der Waals surface area contributed by atoms with Crippen molar-refractivity contribution in [3.63, 3.8) is 0 Å². The quantitative estimate of drug-likeness (QED) is 0.592. The van der Waals surface area contributed by atoms with Crippen molar-refractivity contribution in [3.05, 3.63) is 70.7 Å². The summed E-state index contributed by atoms with van der Waals surface area (Å²) in [4.78, 5) is 32.4. The number of aromatic nitrogens is 1. The molecule has 148 valence electrons. The number of nitrogens with zero attached hydrogens (tertiary/aromatic N) is 2. The van der Waals surface area contributed by atoms with Gasteiger partial charge in [0.05, 0.1) is 5.69 Å². The van der Waals surface area contributed by atoms with Crippen molar-refractivity contribution in [1.29, 1.82) is 0 Å². The van der Waals surface area contributed by atoms with Crippen LogP contribution in [-0.2, 0) is 16.0 Å². The van der Waals surface area contributed by atoms with Gasteiger partial charge in [0.25, 0.3) is 5.91 Å². The highest BCUT2D eigenvalue weighted by Crippen LogP contribution is 2.33. The summed E-state index contributed by atoms with van der Waals surface area (Å²) >= 11 is 1.29. The molecule has 0 saturated carbocycles. The van der Waals surface area contributed by atoms with Crippen LogP contribution in [0.5, 0.6) is 0 Å². The molecule has 3 aromatic rings. The fourth-order valence-electron chi connectivity index (χ4n) is 3.65. The summed E-state index contributed by atoms with van der Waals surface area (Å²) in [5.74, 6) is -0.718. The van der Waals surface area contributed by atoms with E-state index in [2.05, 4.69) is 4.98 Å². The van der Waals surface area contributed by atoms with Gasteiger partial charge in [0.2, 0.25) is 0 Å². The molecule has 5 nitrogen and oxygen atoms in total. The van der Waals surface area contributed by atoms with Crippen LogP contribution in [0.4, 0.5) is 5.69 Å². The molecule has 4 rings (SSSR count). The molecule has 2 atom stereocenters. The highest BCUT2D eigenvalue weighted by atomic mass is 32.1. The Balaban J connectivity index is 1.50. The van der Waals surface area contributed by atoms with E-state index in [1.165, 1.54) is 11.3 Å². The van der Waals surface area contributed by atoms with E-state index in [4.69, 9.17) is 4.74 Å². The van der Waals surface area contributed by atoms with E-state index in [-0.39, 0.29) is 11.9 Å². The lowest BCUT2D eigenvalue weighted by molar-refractivity contribution is -0.126. The number of amides is 1. The van der Waals surface area contributed by atoms with Gasteiger partial charge in [0.1, 0.15) is 9.88 Å². The van der Waals surface area contributed by atoms with E-state index in [0.717, 1.165) is 28.2 Å². The van der Waals surface area contributed by atoms with Crippen molar-refractivity contribution >= 4 is 28.9 Å². The average molecular weight is 407 g/mol. The molecule has 1 aliphatic rings. The lowest BCUT2D eigenvalue weighted by atomic mass is 10.1. The first kappa shape index (κ1) is 19.3. The van der Waals surface area contributed by atoms with Crippen LogP contribution in [0.25, 0.3) is 10.6 Å². The number of benzene rings is 2. The SMILES string of the molecule is Cc1nc(-c2ccccc2)sc1C(=O)O[C@H](C)C(=O)N1c2ccccc2C[C@H]1C. The summed E-state index contributed by atoms with van der Waals surface area (Å²) < 4.78 is 5.54. The second kappa shape index (κ2) is 7.79. The number of hydrogen-bond acceptors (Lipinski definition) is 5. The molecule has 0 aliphatic carbocycles. The van der Waals surface area contributed by atoms with E-state index in [0.29, 0.717) is 10.6 Å². The number of carbonyl (C=O) groups excluding carboxylic acids is 2. The first-order valence-corrected chi connectivity index (χ1v) is 10.4. The minimum Gasteiger partial charge on any atom is -0.448 e. The molecule has 2 heterocycles. The maximum absolute atomic E-state index is 13.0. The molecule has 1 aliphatic heterocycles. The number of hydrogen-bond donors (Lipinski definition) is 0. The average Bonchev–Trinajstić information content (AvgIpc) is 3.27. The summed E-state index contributed by atoms with van der Waals surface area (Å²) in [7, 11) is 0. The fraction of sp³-hybridized carbons (Fsp3) is 0.261. The summed E-state index contributed by atoms with van der Waals surface area (Å²) in [6.45, 7) is 5.42. The van der Waals surface area contributed by atoms with Crippen molar-refractivity contribution < 1.29 is 14.3 Å². The topological polar surface area (TPSA) is 59.5 Å². The number of esters is 1. The van der Waals surface area contributed by atoms with Crippen LogP contribution in [0.1, 0.15) is 34.8 Å². The molecule has 2 aromatic carbocycles. The number of anilines is 1. The smallest absolute Gasteiger partial charge is 0.351 e. The zero-order valence-corrected chi connectivity index (χ0v) is 17.4. The molecule has 0 saturated heterocycles. The predicted molar refractivity (Wildman–Crippen MR) is 114 cm³/mol. The van der Waals surface area contributed by atoms with E-state index < -0.39 is 12.1 Å². The van der Waals surface area contributed by atoms with Crippen LogP contribution in [0.15, 0.2) is 54.6 Å². The van der Waals surface area contributed by atoms with Crippen LogP contribution in [0.2, 0.25) is 0 Å². The fourth-order valence-corrected chi connectivity index (χ4v) is 4.61. The zero-order valence-electron chi connectivity index (χ0n) is 16.6. The Kier molecular flexibility index (Phi) is 5.20. The van der Waals surface area contributed by atoms with Crippen molar-refractivity contribution in [2.75, 3.05) is 4.90 Å². The largest absolute Gasteiger partial charge is 0.448 e. The molecular weight excluding hydrogens is 384 g/mol. The number of fused-ring (bicyclic) bond motifs is 1. The highest BCUT2D eigenvalue weighted by molar-refractivity contribution is 7.17. The van der Waals surface area contributed by atoms with Crippen LogP contribution in [0.3, 0.4) is 0 Å². The Bertz CT molecular complexity index is 1060. The number of thiazole rings is 1. The molecule has 6 heteroatoms. The zero-order chi connectivity index (χ0) is 20.5. The molecule has 0 N–H and O–H groups in total. The van der Waals surface area contributed by atoms with Crippen molar-refractivity contribution in [3.8, 4) is 10.6 Å². The van der Waals surface area contributed by atoms with Crippen LogP contribution < -0.4 is 4.90 Å². The molecular formula is C23H22N2O3S. The number of aryl methyl sites for hydroxylation is 1. The van der Waals surface area contributed by atoms with Gasteiger partial charge in [-0.3, -0.25) is 4.79 Å². The van der Waals surface area contributed by atoms with Gasteiger partial charge in [0.15, 0.2) is 6.10 Å². The first-order chi connectivity index (χ1) is 14.0. The van der Waals surface area contributed by atoms with E-state index >= 15 is 0 Å². The minimum absolute atomic E-state index is 0.0378. The minimum atomic E-state index is -0.877. The van der Waals surface area contributed by atoms with Crippen molar-refractivity contribution in [2.24, 2.45) is 0 Å². The normalized spacial score (nSPS) is 16.4. The van der Waals surface area contributed by atoms with E-state index in [9.17, 15) is 9.59 Å². The third-order valence-electron chi connectivity index (χ3n) is 5.08. The number of para-hydroxylation sites is 1. The molecule has 0 unspecified atom stereocenters. The Labute approximate surface area is 174 Å². The Morgan fingerprint density at radius 1 is 1.14 bits per heavy atom. The van der Waals surface area contributed by atoms with Gasteiger partial charge < -0.3 is 9.64 Å². The summed E-state index contributed by atoms with van der Waals surface area (Å²) in [6, 6.07) is 17.6. The Hall–Kier alpha value is -2.99. The Morgan fingerprint density at radius 2 is 1.83 bits per heavy atom. The number of ether oxygens (including phenoxy) is 1. The molecule has 0 spiro atoms. The number of carbonyl (C=O) groups is 2. The second-order valence-electron chi connectivity index (χ2n) is 7.24. The van der Waals surface area contributed by atoms with Gasteiger partial charge in [-0.25, -0.2) is 9.78 Å². The Morgan fingerprint density at radius 3 is 2.59 bits per heavy atom. The molecule has 1 amide bonds. The van der Waals surface area contributed by atoms with Crippen LogP contribution in [0, 0.1) is 6.92 Å². The predicted octanol–water partition coefficient (Wildman–Crippen LogP) is 4.64. The van der Waals surface area contributed by atoms with Crippen molar-refractivity contribution in [1.82, 2.24) is 4.98 Å². The van der Waals surface area contributed by atoms with Gasteiger partial charge in [-0.1, -0.05) is 48.5 Å². The highest BCUT2D eigenvalue weighted by Gasteiger charge is 2.35. The molecule has 0 fully saturated rings. The molecule has 29 heavy (non-hydrogen) atoms. The summed E-state index contributed by atoms with van der Waals surface area (Å²) in [6.07, 6.45) is -0.0745. The third-order valence-corrected chi connectivity index (χ3v) is 6.27. The molecule has 1 aromatic heterocycles. The molecule has 0 radical (unpaired) electrons. The van der Waals surface area contributed by atoms with Gasteiger partial charge in [-0.15, -0.1) is 11.3 Å². The first-order valence-electron chi connectivity index (χ1n) is 9.60. The van der Waals surface area contributed by atoms with Crippen LogP contribution in [-0.4, -0.2) is 29.0 Å². The summed E-state index contributed by atoms with van der Waals surface area (Å²) in [5, 5.41) is 0.760. The monoisotopic (exact) mass is 406 g/mol. The van der Waals surface area contributed by atoms with E-state index in [1.807, 2.05) is 61.5 Å². The van der Waals surface area contributed by atoms with Crippen molar-refractivity contribution in [2.45, 2.75) is 39.3 Å². The van der Waals surface area contributed by atoms with E-state index in [1.54, 1.807) is 18.7 Å². The van der Waals surface area contributed by atoms with Gasteiger partial charge in [-0.05, 0) is 38.8 Å². The third kappa shape index (κ3) is 3.68. The standard InChI is InChI=1S/C23H22N2O3S/c1-14-13-18-11-7-8-12-19(18)25(14)22(26)16(3)28-23(27)20-15(2)24-21(29-20)17-9-5-4-6-10-17/h4-12,14,16H,13H2,1-3H3/t14-,16-/m1/s1. The lowest BCUT2D eigenvalue weighted by Crippen LogP contribution is -2.43. The second-order valence-corrected chi connectivity index (χ2v) is 8.24. The lowest BCUT2D eigenvalue weighted by Gasteiger charge is -2.25. The maximum Gasteiger partial charge on any atom is 0.351 e. The molecule has 0 bridgehead atoms. The van der Waals surface area contributed by atoms with Gasteiger partial charge in [-0.2, -0.15) is 0 Å². The maximum atomic E-state index is 13.0.